The van der Waals surface area contributed by atoms with Crippen LogP contribution in [0.3, 0.4) is 0 Å². The first-order valence-electron chi connectivity index (χ1n) is 7.69. The van der Waals surface area contributed by atoms with Gasteiger partial charge < -0.3 is 15.1 Å². The fourth-order valence-electron chi connectivity index (χ4n) is 2.35. The summed E-state index contributed by atoms with van der Waals surface area (Å²) in [4.78, 5) is 28.7. The number of rotatable bonds is 5. The molecule has 3 amide bonds. The molecular formula is C16H23N3O2S. The minimum Gasteiger partial charge on any atom is -0.339 e. The average molecular weight is 321 g/mol. The minimum atomic E-state index is -0.0331. The second-order valence-corrected chi connectivity index (χ2v) is 6.28. The van der Waals surface area contributed by atoms with Crippen molar-refractivity contribution in [2.45, 2.75) is 18.2 Å². The van der Waals surface area contributed by atoms with Crippen molar-refractivity contribution < 1.29 is 9.59 Å². The minimum absolute atomic E-state index is 0.0331. The van der Waals surface area contributed by atoms with Gasteiger partial charge in [-0.15, -0.1) is 11.8 Å². The van der Waals surface area contributed by atoms with Crippen LogP contribution < -0.4 is 5.32 Å². The molecule has 1 heterocycles. The van der Waals surface area contributed by atoms with Crippen LogP contribution in [0.25, 0.3) is 0 Å². The maximum atomic E-state index is 12.2. The van der Waals surface area contributed by atoms with Gasteiger partial charge in [0.1, 0.15) is 0 Å². The summed E-state index contributed by atoms with van der Waals surface area (Å²) >= 11 is 1.70. The van der Waals surface area contributed by atoms with E-state index in [1.807, 2.05) is 30.0 Å². The van der Waals surface area contributed by atoms with Crippen LogP contribution >= 0.6 is 11.8 Å². The van der Waals surface area contributed by atoms with Crippen molar-refractivity contribution in [2.75, 3.05) is 38.5 Å². The Morgan fingerprint density at radius 1 is 1.09 bits per heavy atom. The number of urea groups is 1. The third-order valence-corrected chi connectivity index (χ3v) is 4.59. The maximum Gasteiger partial charge on any atom is 0.317 e. The molecule has 2 rings (SSSR count). The zero-order valence-corrected chi connectivity index (χ0v) is 13.8. The van der Waals surface area contributed by atoms with Gasteiger partial charge >= 0.3 is 6.03 Å². The van der Waals surface area contributed by atoms with Crippen molar-refractivity contribution in [1.29, 1.82) is 0 Å². The number of carbonyl (C=O) groups excluding carboxylic acids is 2. The molecule has 1 aromatic carbocycles. The molecule has 1 aromatic rings. The largest absolute Gasteiger partial charge is 0.339 e. The number of thioether (sulfide) groups is 1. The normalized spacial score (nSPS) is 14.8. The molecule has 1 aliphatic heterocycles. The molecule has 1 N–H and O–H groups in total. The molecule has 0 spiro atoms. The van der Waals surface area contributed by atoms with E-state index >= 15 is 0 Å². The Labute approximate surface area is 136 Å². The summed E-state index contributed by atoms with van der Waals surface area (Å²) < 4.78 is 0. The highest BCUT2D eigenvalue weighted by atomic mass is 32.2. The van der Waals surface area contributed by atoms with E-state index in [9.17, 15) is 9.59 Å². The van der Waals surface area contributed by atoms with Crippen LogP contribution in [0.2, 0.25) is 0 Å². The van der Waals surface area contributed by atoms with Gasteiger partial charge in [-0.3, -0.25) is 4.79 Å². The quantitative estimate of drug-likeness (QED) is 0.845. The molecule has 0 aliphatic carbocycles. The number of carbonyl (C=O) groups is 2. The Hall–Kier alpha value is -1.69. The van der Waals surface area contributed by atoms with Crippen LogP contribution in [0.4, 0.5) is 4.79 Å². The van der Waals surface area contributed by atoms with E-state index in [1.165, 1.54) is 4.90 Å². The van der Waals surface area contributed by atoms with Gasteiger partial charge in [-0.1, -0.05) is 18.2 Å². The van der Waals surface area contributed by atoms with Crippen molar-refractivity contribution in [2.24, 2.45) is 0 Å². The molecular weight excluding hydrogens is 298 g/mol. The lowest BCUT2D eigenvalue weighted by Gasteiger charge is -2.34. The van der Waals surface area contributed by atoms with Crippen LogP contribution in [-0.2, 0) is 4.79 Å². The molecule has 1 fully saturated rings. The molecule has 0 aromatic heterocycles. The lowest BCUT2D eigenvalue weighted by Crippen LogP contribution is -2.53. The van der Waals surface area contributed by atoms with E-state index in [0.29, 0.717) is 39.1 Å². The first-order valence-corrected chi connectivity index (χ1v) is 8.67. The molecule has 120 valence electrons. The SMILES string of the molecule is CCNC(=O)N1CCN(C(=O)CCSc2ccccc2)CC1. The van der Waals surface area contributed by atoms with E-state index in [4.69, 9.17) is 0 Å². The summed E-state index contributed by atoms with van der Waals surface area (Å²) in [5, 5.41) is 2.79. The molecule has 0 bridgehead atoms. The van der Waals surface area contributed by atoms with Crippen LogP contribution in [0.1, 0.15) is 13.3 Å². The maximum absolute atomic E-state index is 12.2. The molecule has 0 atom stereocenters. The monoisotopic (exact) mass is 321 g/mol. The number of hydrogen-bond donors (Lipinski definition) is 1. The third kappa shape index (κ3) is 4.94. The van der Waals surface area contributed by atoms with Crippen LogP contribution in [0.5, 0.6) is 0 Å². The van der Waals surface area contributed by atoms with Gasteiger partial charge in [-0.05, 0) is 19.1 Å². The van der Waals surface area contributed by atoms with Gasteiger partial charge in [0.25, 0.3) is 0 Å². The molecule has 1 saturated heterocycles. The van der Waals surface area contributed by atoms with E-state index < -0.39 is 0 Å². The van der Waals surface area contributed by atoms with E-state index in [-0.39, 0.29) is 11.9 Å². The van der Waals surface area contributed by atoms with E-state index in [0.717, 1.165) is 5.75 Å². The van der Waals surface area contributed by atoms with E-state index in [1.54, 1.807) is 16.7 Å². The molecule has 6 heteroatoms. The number of hydrogen-bond acceptors (Lipinski definition) is 3. The highest BCUT2D eigenvalue weighted by molar-refractivity contribution is 7.99. The van der Waals surface area contributed by atoms with Gasteiger partial charge in [0.2, 0.25) is 5.91 Å². The standard InChI is InChI=1S/C16H23N3O2S/c1-2-17-16(21)19-11-9-18(10-12-19)15(20)8-13-22-14-6-4-3-5-7-14/h3-7H,2,8-13H2,1H3,(H,17,21). The summed E-state index contributed by atoms with van der Waals surface area (Å²) in [6, 6.07) is 10.1. The Kier molecular flexibility index (Phi) is 6.58. The predicted octanol–water partition coefficient (Wildman–Crippen LogP) is 2.04. The van der Waals surface area contributed by atoms with Crippen molar-refractivity contribution in [1.82, 2.24) is 15.1 Å². The van der Waals surface area contributed by atoms with Gasteiger partial charge in [-0.2, -0.15) is 0 Å². The summed E-state index contributed by atoms with van der Waals surface area (Å²) in [6.45, 7) is 5.03. The second-order valence-electron chi connectivity index (χ2n) is 5.11. The third-order valence-electron chi connectivity index (χ3n) is 3.58. The lowest BCUT2D eigenvalue weighted by molar-refractivity contribution is -0.132. The van der Waals surface area contributed by atoms with E-state index in [2.05, 4.69) is 17.4 Å². The number of piperazine rings is 1. The number of nitrogens with one attached hydrogen (secondary N) is 1. The fraction of sp³-hybridized carbons (Fsp3) is 0.500. The molecule has 0 radical (unpaired) electrons. The Morgan fingerprint density at radius 2 is 1.73 bits per heavy atom. The van der Waals surface area contributed by atoms with Gasteiger partial charge in [0.15, 0.2) is 0 Å². The van der Waals surface area contributed by atoms with Crippen molar-refractivity contribution in [3.8, 4) is 0 Å². The first-order chi connectivity index (χ1) is 10.7. The molecule has 5 nitrogen and oxygen atoms in total. The molecule has 22 heavy (non-hydrogen) atoms. The molecule has 0 saturated carbocycles. The van der Waals surface area contributed by atoms with Crippen LogP contribution in [-0.4, -0.2) is 60.2 Å². The number of amides is 3. The van der Waals surface area contributed by atoms with Crippen LogP contribution in [0, 0.1) is 0 Å². The first kappa shape index (κ1) is 16.7. The smallest absolute Gasteiger partial charge is 0.317 e. The van der Waals surface area contributed by atoms with Crippen LogP contribution in [0.15, 0.2) is 35.2 Å². The Balaban J connectivity index is 1.68. The topological polar surface area (TPSA) is 52.7 Å². The van der Waals surface area contributed by atoms with Gasteiger partial charge in [0, 0.05) is 49.8 Å². The Bertz CT molecular complexity index is 487. The number of benzene rings is 1. The lowest BCUT2D eigenvalue weighted by atomic mass is 10.3. The van der Waals surface area contributed by atoms with Gasteiger partial charge in [0.05, 0.1) is 0 Å². The fourth-order valence-corrected chi connectivity index (χ4v) is 3.21. The summed E-state index contributed by atoms with van der Waals surface area (Å²) in [7, 11) is 0. The highest BCUT2D eigenvalue weighted by Gasteiger charge is 2.23. The second kappa shape index (κ2) is 8.68. The number of nitrogens with zero attached hydrogens (tertiary/aromatic N) is 2. The highest BCUT2D eigenvalue weighted by Crippen LogP contribution is 2.18. The van der Waals surface area contributed by atoms with Gasteiger partial charge in [-0.25, -0.2) is 4.79 Å². The van der Waals surface area contributed by atoms with Crippen molar-refractivity contribution in [3.05, 3.63) is 30.3 Å². The summed E-state index contributed by atoms with van der Waals surface area (Å²) in [5.41, 5.74) is 0. The Morgan fingerprint density at radius 3 is 2.36 bits per heavy atom. The molecule has 1 aliphatic rings. The summed E-state index contributed by atoms with van der Waals surface area (Å²) in [5.74, 6) is 0.971. The predicted molar refractivity (Wildman–Crippen MR) is 89.0 cm³/mol. The molecule has 0 unspecified atom stereocenters. The van der Waals surface area contributed by atoms with Crippen molar-refractivity contribution >= 4 is 23.7 Å². The van der Waals surface area contributed by atoms with Crippen molar-refractivity contribution in [3.63, 3.8) is 0 Å². The zero-order chi connectivity index (χ0) is 15.8. The average Bonchev–Trinajstić information content (AvgIpc) is 2.56. The zero-order valence-electron chi connectivity index (χ0n) is 13.0. The summed E-state index contributed by atoms with van der Waals surface area (Å²) in [6.07, 6.45) is 0.542.